The third-order valence-corrected chi connectivity index (χ3v) is 4.47. The number of amides is 1. The van der Waals surface area contributed by atoms with Crippen LogP contribution in [0.1, 0.15) is 32.6 Å². The number of piperidine rings is 1. The van der Waals surface area contributed by atoms with E-state index in [9.17, 15) is 14.7 Å². The number of aliphatic carboxylic acids is 1. The second-order valence-electron chi connectivity index (χ2n) is 5.71. The number of likely N-dealkylation sites (tertiary alicyclic amines) is 1. The van der Waals surface area contributed by atoms with Gasteiger partial charge in [0.1, 0.15) is 0 Å². The highest BCUT2D eigenvalue weighted by atomic mass is 16.4. The molecule has 5 heteroatoms. The molecule has 2 N–H and O–H groups in total. The number of hydrogen-bond acceptors (Lipinski definition) is 3. The van der Waals surface area contributed by atoms with Crippen molar-refractivity contribution in [1.29, 1.82) is 0 Å². The largest absolute Gasteiger partial charge is 0.481 e. The van der Waals surface area contributed by atoms with Gasteiger partial charge < -0.3 is 15.3 Å². The summed E-state index contributed by atoms with van der Waals surface area (Å²) in [6, 6.07) is 0.200. The molecule has 1 fully saturated rings. The summed E-state index contributed by atoms with van der Waals surface area (Å²) < 4.78 is 0. The summed E-state index contributed by atoms with van der Waals surface area (Å²) in [6.45, 7) is 5.21. The highest BCUT2D eigenvalue weighted by Gasteiger charge is 2.35. The number of nitrogens with zero attached hydrogens (tertiary/aromatic N) is 1. The van der Waals surface area contributed by atoms with E-state index in [4.69, 9.17) is 0 Å². The van der Waals surface area contributed by atoms with Crippen LogP contribution < -0.4 is 5.32 Å². The van der Waals surface area contributed by atoms with E-state index in [0.29, 0.717) is 12.8 Å². The Hall–Kier alpha value is -1.36. The Kier molecular flexibility index (Phi) is 5.17. The molecule has 2 rings (SSSR count). The predicted molar refractivity (Wildman–Crippen MR) is 76.3 cm³/mol. The number of allylic oxidation sites excluding steroid dienone is 2. The second-order valence-corrected chi connectivity index (χ2v) is 5.71. The van der Waals surface area contributed by atoms with Crippen molar-refractivity contribution >= 4 is 11.9 Å². The molecule has 1 amide bonds. The van der Waals surface area contributed by atoms with Gasteiger partial charge in [-0.1, -0.05) is 19.1 Å². The Morgan fingerprint density at radius 1 is 1.20 bits per heavy atom. The van der Waals surface area contributed by atoms with E-state index >= 15 is 0 Å². The van der Waals surface area contributed by atoms with Crippen LogP contribution in [0.4, 0.5) is 0 Å². The molecule has 1 aliphatic heterocycles. The number of carboxylic acids is 1. The van der Waals surface area contributed by atoms with E-state index in [0.717, 1.165) is 32.5 Å². The van der Waals surface area contributed by atoms with Gasteiger partial charge in [0.05, 0.1) is 11.8 Å². The van der Waals surface area contributed by atoms with Crippen molar-refractivity contribution in [3.63, 3.8) is 0 Å². The molecular formula is C15H24N2O3. The molecule has 1 aliphatic carbocycles. The zero-order valence-corrected chi connectivity index (χ0v) is 12.0. The summed E-state index contributed by atoms with van der Waals surface area (Å²) in [5, 5.41) is 12.3. The third kappa shape index (κ3) is 3.60. The van der Waals surface area contributed by atoms with Crippen LogP contribution in [0, 0.1) is 11.8 Å². The molecule has 0 aromatic rings. The van der Waals surface area contributed by atoms with Crippen molar-refractivity contribution in [1.82, 2.24) is 10.2 Å². The Morgan fingerprint density at radius 2 is 1.80 bits per heavy atom. The first-order chi connectivity index (χ1) is 9.61. The van der Waals surface area contributed by atoms with Crippen LogP contribution in [0.5, 0.6) is 0 Å². The van der Waals surface area contributed by atoms with E-state index in [1.807, 2.05) is 12.2 Å². The average molecular weight is 280 g/mol. The van der Waals surface area contributed by atoms with Gasteiger partial charge in [0.15, 0.2) is 0 Å². The van der Waals surface area contributed by atoms with E-state index < -0.39 is 17.8 Å². The maximum absolute atomic E-state index is 12.3. The Bertz CT molecular complexity index is 387. The Morgan fingerprint density at radius 3 is 2.35 bits per heavy atom. The van der Waals surface area contributed by atoms with Crippen molar-refractivity contribution in [2.75, 3.05) is 19.6 Å². The first kappa shape index (κ1) is 15.0. The molecule has 0 radical (unpaired) electrons. The highest BCUT2D eigenvalue weighted by Crippen LogP contribution is 2.26. The smallest absolute Gasteiger partial charge is 0.307 e. The Balaban J connectivity index is 1.88. The molecule has 0 aromatic carbocycles. The number of rotatable bonds is 4. The van der Waals surface area contributed by atoms with Gasteiger partial charge in [-0.05, 0) is 32.2 Å². The number of hydrogen-bond donors (Lipinski definition) is 2. The molecule has 0 spiro atoms. The number of nitrogens with one attached hydrogen (secondary N) is 1. The lowest BCUT2D eigenvalue weighted by Crippen LogP contribution is -2.48. The molecular weight excluding hydrogens is 256 g/mol. The summed E-state index contributed by atoms with van der Waals surface area (Å²) in [4.78, 5) is 25.9. The second kappa shape index (κ2) is 6.88. The Labute approximate surface area is 120 Å². The van der Waals surface area contributed by atoms with Crippen molar-refractivity contribution in [3.8, 4) is 0 Å². The first-order valence-electron chi connectivity index (χ1n) is 7.52. The lowest BCUT2D eigenvalue weighted by Gasteiger charge is -2.33. The maximum atomic E-state index is 12.3. The molecule has 2 aliphatic rings. The zero-order valence-electron chi connectivity index (χ0n) is 12.0. The number of carbonyl (C=O) groups excluding carboxylic acids is 1. The van der Waals surface area contributed by atoms with Crippen LogP contribution in [0.2, 0.25) is 0 Å². The highest BCUT2D eigenvalue weighted by molar-refractivity contribution is 5.85. The normalized spacial score (nSPS) is 28.2. The van der Waals surface area contributed by atoms with Gasteiger partial charge in [-0.2, -0.15) is 0 Å². The van der Waals surface area contributed by atoms with Gasteiger partial charge in [-0.15, -0.1) is 0 Å². The fourth-order valence-corrected chi connectivity index (χ4v) is 3.08. The molecule has 0 aromatic heterocycles. The third-order valence-electron chi connectivity index (χ3n) is 4.47. The molecule has 5 nitrogen and oxygen atoms in total. The van der Waals surface area contributed by atoms with Crippen LogP contribution in [0.15, 0.2) is 12.2 Å². The number of carbonyl (C=O) groups is 2. The first-order valence-corrected chi connectivity index (χ1v) is 7.52. The molecule has 0 saturated carbocycles. The molecule has 1 heterocycles. The molecule has 112 valence electrons. The summed E-state index contributed by atoms with van der Waals surface area (Å²) in [5.74, 6) is -1.94. The van der Waals surface area contributed by atoms with Crippen molar-refractivity contribution in [3.05, 3.63) is 12.2 Å². The molecule has 1 saturated heterocycles. The summed E-state index contributed by atoms with van der Waals surface area (Å²) in [6.07, 6.45) is 6.70. The molecule has 2 atom stereocenters. The molecule has 20 heavy (non-hydrogen) atoms. The lowest BCUT2D eigenvalue weighted by molar-refractivity contribution is -0.147. The monoisotopic (exact) mass is 280 g/mol. The van der Waals surface area contributed by atoms with Gasteiger partial charge in [0, 0.05) is 19.1 Å². The number of carboxylic acid groups (broad SMARTS) is 1. The predicted octanol–water partition coefficient (Wildman–Crippen LogP) is 1.25. The van der Waals surface area contributed by atoms with E-state index in [-0.39, 0.29) is 11.9 Å². The fraction of sp³-hybridized carbons (Fsp3) is 0.733. The van der Waals surface area contributed by atoms with Crippen molar-refractivity contribution < 1.29 is 14.7 Å². The maximum Gasteiger partial charge on any atom is 0.307 e. The van der Waals surface area contributed by atoms with Crippen molar-refractivity contribution in [2.24, 2.45) is 11.8 Å². The fourth-order valence-electron chi connectivity index (χ4n) is 3.08. The summed E-state index contributed by atoms with van der Waals surface area (Å²) in [5.41, 5.74) is 0. The van der Waals surface area contributed by atoms with Crippen LogP contribution >= 0.6 is 0 Å². The van der Waals surface area contributed by atoms with Gasteiger partial charge in [0.2, 0.25) is 5.91 Å². The lowest BCUT2D eigenvalue weighted by atomic mass is 9.82. The van der Waals surface area contributed by atoms with E-state index in [1.54, 1.807) is 0 Å². The van der Waals surface area contributed by atoms with E-state index in [2.05, 4.69) is 17.1 Å². The minimum absolute atomic E-state index is 0.0864. The van der Waals surface area contributed by atoms with Crippen LogP contribution in [-0.2, 0) is 9.59 Å². The van der Waals surface area contributed by atoms with Crippen LogP contribution in [0.25, 0.3) is 0 Å². The minimum atomic E-state index is -0.865. The van der Waals surface area contributed by atoms with Gasteiger partial charge in [-0.3, -0.25) is 9.59 Å². The SMILES string of the molecule is CCN1CCC(NC(=O)[C@@H]2CC=CC[C@H]2C(=O)O)CC1. The molecule has 0 bridgehead atoms. The standard InChI is InChI=1S/C15H24N2O3/c1-2-17-9-7-11(8-10-17)16-14(18)12-5-3-4-6-13(12)15(19)20/h3-4,11-13H,2,5-10H2,1H3,(H,16,18)(H,19,20)/t12-,13-/m1/s1. The minimum Gasteiger partial charge on any atom is -0.481 e. The van der Waals surface area contributed by atoms with Gasteiger partial charge >= 0.3 is 5.97 Å². The summed E-state index contributed by atoms with van der Waals surface area (Å²) in [7, 11) is 0. The van der Waals surface area contributed by atoms with Gasteiger partial charge in [-0.25, -0.2) is 0 Å². The van der Waals surface area contributed by atoms with Gasteiger partial charge in [0.25, 0.3) is 0 Å². The van der Waals surface area contributed by atoms with Crippen molar-refractivity contribution in [2.45, 2.75) is 38.6 Å². The average Bonchev–Trinajstić information content (AvgIpc) is 2.48. The summed E-state index contributed by atoms with van der Waals surface area (Å²) >= 11 is 0. The topological polar surface area (TPSA) is 69.6 Å². The van der Waals surface area contributed by atoms with Crippen LogP contribution in [0.3, 0.4) is 0 Å². The van der Waals surface area contributed by atoms with E-state index in [1.165, 1.54) is 0 Å². The molecule has 0 unspecified atom stereocenters. The van der Waals surface area contributed by atoms with Crippen LogP contribution in [-0.4, -0.2) is 47.6 Å². The quantitative estimate of drug-likeness (QED) is 0.761. The zero-order chi connectivity index (χ0) is 14.5.